The molecule has 0 spiro atoms. The fraction of sp³-hybridized carbons (Fsp3) is 0.158. The first kappa shape index (κ1) is 16.5. The molecule has 7 heteroatoms. The van der Waals surface area contributed by atoms with Crippen LogP contribution in [0.1, 0.15) is 16.9 Å². The number of nitrogens with one attached hydrogen (secondary N) is 2. The molecule has 0 radical (unpaired) electrons. The summed E-state index contributed by atoms with van der Waals surface area (Å²) in [6, 6.07) is 16.9. The van der Waals surface area contributed by atoms with Crippen molar-refractivity contribution in [2.45, 2.75) is 6.42 Å². The first-order valence-electron chi connectivity index (χ1n) is 8.30. The number of carbonyl (C=O) groups excluding carboxylic acids is 2. The van der Waals surface area contributed by atoms with Crippen molar-refractivity contribution in [2.24, 2.45) is 0 Å². The van der Waals surface area contributed by atoms with Crippen molar-refractivity contribution in [1.82, 2.24) is 15.4 Å². The molecule has 0 atom stereocenters. The van der Waals surface area contributed by atoms with Crippen LogP contribution in [0, 0.1) is 0 Å². The highest BCUT2D eigenvalue weighted by Crippen LogP contribution is 2.21. The molecule has 0 aliphatic carbocycles. The van der Waals surface area contributed by atoms with Gasteiger partial charge < -0.3 is 9.88 Å². The van der Waals surface area contributed by atoms with Crippen molar-refractivity contribution in [2.75, 3.05) is 18.1 Å². The quantitative estimate of drug-likeness (QED) is 0.746. The number of carbonyl (C=O) groups is 2. The summed E-state index contributed by atoms with van der Waals surface area (Å²) in [5, 5.41) is 2.81. The van der Waals surface area contributed by atoms with Crippen molar-refractivity contribution in [3.8, 4) is 0 Å². The van der Waals surface area contributed by atoms with Crippen LogP contribution in [-0.2, 0) is 4.79 Å². The zero-order valence-electron chi connectivity index (χ0n) is 13.9. The molecule has 1 fully saturated rings. The summed E-state index contributed by atoms with van der Waals surface area (Å²) in [4.78, 5) is 29.9. The molecule has 2 N–H and O–H groups in total. The minimum absolute atomic E-state index is 0.107. The summed E-state index contributed by atoms with van der Waals surface area (Å²) >= 11 is 5.98. The van der Waals surface area contributed by atoms with Crippen LogP contribution in [0.5, 0.6) is 0 Å². The summed E-state index contributed by atoms with van der Waals surface area (Å²) < 4.78 is 0. The molecule has 2 heterocycles. The Kier molecular flexibility index (Phi) is 4.26. The van der Waals surface area contributed by atoms with Gasteiger partial charge in [-0.15, -0.1) is 0 Å². The number of rotatable bonds is 3. The van der Waals surface area contributed by atoms with Crippen LogP contribution in [0.3, 0.4) is 0 Å². The number of hydrogen-bond acceptors (Lipinski definition) is 3. The number of amides is 2. The number of aromatic nitrogens is 1. The lowest BCUT2D eigenvalue weighted by molar-refractivity contribution is -0.135. The topological polar surface area (TPSA) is 68.4 Å². The molecule has 26 heavy (non-hydrogen) atoms. The van der Waals surface area contributed by atoms with Gasteiger partial charge in [0.15, 0.2) is 0 Å². The molecular weight excluding hydrogens is 352 g/mol. The van der Waals surface area contributed by atoms with Gasteiger partial charge in [0, 0.05) is 34.6 Å². The molecule has 1 aliphatic rings. The van der Waals surface area contributed by atoms with E-state index in [2.05, 4.69) is 10.4 Å². The molecule has 2 aromatic carbocycles. The summed E-state index contributed by atoms with van der Waals surface area (Å²) in [7, 11) is 0. The van der Waals surface area contributed by atoms with Gasteiger partial charge in [0.05, 0.1) is 0 Å². The van der Waals surface area contributed by atoms with E-state index in [9.17, 15) is 9.59 Å². The average molecular weight is 369 g/mol. The maximum absolute atomic E-state index is 12.6. The van der Waals surface area contributed by atoms with E-state index in [1.54, 1.807) is 18.2 Å². The predicted molar refractivity (Wildman–Crippen MR) is 101 cm³/mol. The highest BCUT2D eigenvalue weighted by Gasteiger charge is 2.26. The molecule has 1 aliphatic heterocycles. The van der Waals surface area contributed by atoms with Crippen LogP contribution < -0.4 is 10.3 Å². The number of halogens is 1. The third kappa shape index (κ3) is 3.23. The third-order valence-electron chi connectivity index (χ3n) is 4.39. The molecule has 1 aromatic heterocycles. The van der Waals surface area contributed by atoms with E-state index < -0.39 is 0 Å². The number of hydrazine groups is 1. The number of para-hydroxylation sites is 1. The number of aromatic amines is 1. The van der Waals surface area contributed by atoms with E-state index in [0.717, 1.165) is 16.6 Å². The fourth-order valence-electron chi connectivity index (χ4n) is 3.04. The minimum atomic E-state index is -0.361. The van der Waals surface area contributed by atoms with Crippen molar-refractivity contribution in [1.29, 1.82) is 0 Å². The smallest absolute Gasteiger partial charge is 0.286 e. The lowest BCUT2D eigenvalue weighted by Gasteiger charge is -2.36. The second-order valence-corrected chi connectivity index (χ2v) is 6.60. The van der Waals surface area contributed by atoms with E-state index in [0.29, 0.717) is 30.4 Å². The maximum atomic E-state index is 12.6. The second-order valence-electron chi connectivity index (χ2n) is 6.17. The Morgan fingerprint density at radius 2 is 1.92 bits per heavy atom. The molecule has 1 saturated heterocycles. The lowest BCUT2D eigenvalue weighted by atomic mass is 10.2. The van der Waals surface area contributed by atoms with Crippen LogP contribution in [0.25, 0.3) is 10.9 Å². The van der Waals surface area contributed by atoms with Crippen LogP contribution in [0.4, 0.5) is 5.69 Å². The van der Waals surface area contributed by atoms with Crippen molar-refractivity contribution < 1.29 is 9.59 Å². The Morgan fingerprint density at radius 1 is 1.12 bits per heavy atom. The van der Waals surface area contributed by atoms with E-state index in [4.69, 9.17) is 11.6 Å². The van der Waals surface area contributed by atoms with Gasteiger partial charge in [-0.05, 0) is 36.4 Å². The molecular formula is C19H17ClN4O2. The second kappa shape index (κ2) is 6.72. The average Bonchev–Trinajstić information content (AvgIpc) is 3.07. The van der Waals surface area contributed by atoms with Gasteiger partial charge in [0.2, 0.25) is 5.91 Å². The Morgan fingerprint density at radius 3 is 2.73 bits per heavy atom. The Hall–Kier alpha value is -2.99. The molecule has 4 rings (SSSR count). The summed E-state index contributed by atoms with van der Waals surface area (Å²) in [5.41, 5.74) is 4.91. The molecule has 2 amide bonds. The standard InChI is InChI=1S/C19H17ClN4O2/c20-14-6-7-16-13(10-14)11-17(21-16)19(26)22-24-12-23(9-8-18(24)25)15-4-2-1-3-5-15/h1-7,10-11,21H,8-9,12H2,(H,22,26). The van der Waals surface area contributed by atoms with E-state index >= 15 is 0 Å². The van der Waals surface area contributed by atoms with Gasteiger partial charge in [-0.3, -0.25) is 15.0 Å². The first-order valence-corrected chi connectivity index (χ1v) is 8.67. The largest absolute Gasteiger partial charge is 0.352 e. The molecule has 132 valence electrons. The third-order valence-corrected chi connectivity index (χ3v) is 4.63. The molecule has 0 saturated carbocycles. The zero-order chi connectivity index (χ0) is 18.1. The molecule has 3 aromatic rings. The number of benzene rings is 2. The first-order chi connectivity index (χ1) is 12.6. The highest BCUT2D eigenvalue weighted by molar-refractivity contribution is 6.31. The molecule has 0 bridgehead atoms. The minimum Gasteiger partial charge on any atom is -0.352 e. The number of anilines is 1. The van der Waals surface area contributed by atoms with Crippen LogP contribution in [-0.4, -0.2) is 35.0 Å². The molecule has 6 nitrogen and oxygen atoms in total. The zero-order valence-corrected chi connectivity index (χ0v) is 14.7. The van der Waals surface area contributed by atoms with Crippen LogP contribution in [0.2, 0.25) is 5.02 Å². The lowest BCUT2D eigenvalue weighted by Crippen LogP contribution is -2.56. The van der Waals surface area contributed by atoms with E-state index in [-0.39, 0.29) is 11.8 Å². The number of H-pyrrole nitrogens is 1. The number of hydrogen-bond donors (Lipinski definition) is 2. The summed E-state index contributed by atoms with van der Waals surface area (Å²) in [6.07, 6.45) is 0.345. The Balaban J connectivity index is 1.50. The van der Waals surface area contributed by atoms with Crippen LogP contribution in [0.15, 0.2) is 54.6 Å². The van der Waals surface area contributed by atoms with Crippen LogP contribution >= 0.6 is 11.6 Å². The van der Waals surface area contributed by atoms with Gasteiger partial charge in [0.25, 0.3) is 5.91 Å². The Bertz CT molecular complexity index is 970. The number of nitrogens with zero attached hydrogens (tertiary/aromatic N) is 2. The van der Waals surface area contributed by atoms with Crippen molar-refractivity contribution >= 4 is 40.0 Å². The summed E-state index contributed by atoms with van der Waals surface area (Å²) in [6.45, 7) is 0.931. The van der Waals surface area contributed by atoms with Gasteiger partial charge in [-0.2, -0.15) is 0 Å². The van der Waals surface area contributed by atoms with Gasteiger partial charge in [-0.1, -0.05) is 29.8 Å². The fourth-order valence-corrected chi connectivity index (χ4v) is 3.22. The van der Waals surface area contributed by atoms with E-state index in [1.165, 1.54) is 5.01 Å². The normalized spacial score (nSPS) is 14.7. The van der Waals surface area contributed by atoms with Gasteiger partial charge in [-0.25, -0.2) is 5.01 Å². The van der Waals surface area contributed by atoms with Crippen molar-refractivity contribution in [3.05, 3.63) is 65.3 Å². The van der Waals surface area contributed by atoms with E-state index in [1.807, 2.05) is 41.3 Å². The monoisotopic (exact) mass is 368 g/mol. The van der Waals surface area contributed by atoms with Gasteiger partial charge >= 0.3 is 0 Å². The maximum Gasteiger partial charge on any atom is 0.286 e. The summed E-state index contributed by atoms with van der Waals surface area (Å²) in [5.74, 6) is -0.467. The number of fused-ring (bicyclic) bond motifs is 1. The Labute approximate surface area is 155 Å². The predicted octanol–water partition coefficient (Wildman–Crippen LogP) is 3.16. The van der Waals surface area contributed by atoms with Gasteiger partial charge in [0.1, 0.15) is 12.4 Å². The molecule has 0 unspecified atom stereocenters. The van der Waals surface area contributed by atoms with Crippen molar-refractivity contribution in [3.63, 3.8) is 0 Å². The SMILES string of the molecule is O=C(NN1CN(c2ccccc2)CCC1=O)c1cc2cc(Cl)ccc2[nH]1. The highest BCUT2D eigenvalue weighted by atomic mass is 35.5.